The zero-order chi connectivity index (χ0) is 20.3. The maximum atomic E-state index is 12.7. The Labute approximate surface area is 166 Å². The number of likely N-dealkylation sites (tertiary alicyclic amines) is 1. The van der Waals surface area contributed by atoms with E-state index in [9.17, 15) is 14.4 Å². The zero-order valence-corrected chi connectivity index (χ0v) is 16.8. The molecule has 3 rings (SSSR count). The Balaban J connectivity index is 1.41. The number of amides is 2. The summed E-state index contributed by atoms with van der Waals surface area (Å²) in [7, 11) is 0. The fourth-order valence-electron chi connectivity index (χ4n) is 3.63. The van der Waals surface area contributed by atoms with Crippen LogP contribution in [0.4, 0.5) is 10.5 Å². The molecule has 1 aromatic carbocycles. The molecule has 0 spiro atoms. The lowest BCUT2D eigenvalue weighted by atomic mass is 9.93. The van der Waals surface area contributed by atoms with Crippen LogP contribution in [0, 0.1) is 5.92 Å². The Morgan fingerprint density at radius 3 is 2.25 bits per heavy atom. The van der Waals surface area contributed by atoms with Gasteiger partial charge in [-0.2, -0.15) is 0 Å². The van der Waals surface area contributed by atoms with Crippen LogP contribution in [0.2, 0.25) is 0 Å². The molecule has 2 fully saturated rings. The molecule has 2 aliphatic heterocycles. The van der Waals surface area contributed by atoms with Crippen LogP contribution >= 0.6 is 0 Å². The van der Waals surface area contributed by atoms with Crippen molar-refractivity contribution in [2.45, 2.75) is 45.3 Å². The predicted molar refractivity (Wildman–Crippen MR) is 107 cm³/mol. The number of nitrogens with zero attached hydrogens (tertiary/aromatic N) is 2. The van der Waals surface area contributed by atoms with Crippen molar-refractivity contribution in [3.63, 3.8) is 0 Å². The number of benzene rings is 1. The summed E-state index contributed by atoms with van der Waals surface area (Å²) < 4.78 is 5.25. The van der Waals surface area contributed by atoms with Crippen molar-refractivity contribution in [2.24, 2.45) is 5.92 Å². The fourth-order valence-corrected chi connectivity index (χ4v) is 3.63. The largest absolute Gasteiger partial charge is 0.444 e. The van der Waals surface area contributed by atoms with Crippen LogP contribution in [0.1, 0.15) is 44.0 Å². The minimum Gasteiger partial charge on any atom is -0.444 e. The van der Waals surface area contributed by atoms with Crippen molar-refractivity contribution in [3.8, 4) is 0 Å². The van der Waals surface area contributed by atoms with Gasteiger partial charge in [-0.15, -0.1) is 0 Å². The van der Waals surface area contributed by atoms with Gasteiger partial charge in [0.05, 0.1) is 6.04 Å². The Hall–Kier alpha value is -2.57. The number of hydrogen-bond acceptors (Lipinski definition) is 5. The Kier molecular flexibility index (Phi) is 5.91. The lowest BCUT2D eigenvalue weighted by Crippen LogP contribution is -2.62. The van der Waals surface area contributed by atoms with Crippen molar-refractivity contribution in [1.82, 2.24) is 10.2 Å². The van der Waals surface area contributed by atoms with Crippen LogP contribution in [0.25, 0.3) is 0 Å². The van der Waals surface area contributed by atoms with Gasteiger partial charge in [-0.3, -0.25) is 9.59 Å². The Morgan fingerprint density at radius 1 is 1.11 bits per heavy atom. The van der Waals surface area contributed by atoms with Crippen molar-refractivity contribution < 1.29 is 19.1 Å². The number of anilines is 1. The molecule has 2 amide bonds. The summed E-state index contributed by atoms with van der Waals surface area (Å²) in [6, 6.07) is 7.51. The van der Waals surface area contributed by atoms with Gasteiger partial charge >= 0.3 is 6.09 Å². The number of hydrogen-bond donors (Lipinski definition) is 1. The summed E-state index contributed by atoms with van der Waals surface area (Å²) in [6.45, 7) is 8.22. The zero-order valence-electron chi connectivity index (χ0n) is 16.8. The standard InChI is InChI=1S/C21H29N3O4/c1-21(2,3)28-20(27)22-17-12-24(13-17)19(26)16-8-10-23(11-9-16)18-6-4-15(14-25)5-7-18/h4-7,14,16-17H,8-13H2,1-3H3,(H,22,27). The summed E-state index contributed by atoms with van der Waals surface area (Å²) in [5, 5.41) is 2.81. The van der Waals surface area contributed by atoms with E-state index >= 15 is 0 Å². The molecule has 1 aromatic rings. The molecule has 0 aromatic heterocycles. The average Bonchev–Trinajstić information content (AvgIpc) is 2.62. The second-order valence-corrected chi connectivity index (χ2v) is 8.56. The van der Waals surface area contributed by atoms with Gasteiger partial charge in [-0.1, -0.05) is 0 Å². The highest BCUT2D eigenvalue weighted by Crippen LogP contribution is 2.26. The quantitative estimate of drug-likeness (QED) is 0.803. The molecule has 0 radical (unpaired) electrons. The third-order valence-corrected chi connectivity index (χ3v) is 5.15. The molecule has 2 saturated heterocycles. The molecule has 28 heavy (non-hydrogen) atoms. The topological polar surface area (TPSA) is 79.0 Å². The summed E-state index contributed by atoms with van der Waals surface area (Å²) >= 11 is 0. The van der Waals surface area contributed by atoms with E-state index in [-0.39, 0.29) is 17.9 Å². The monoisotopic (exact) mass is 387 g/mol. The third kappa shape index (κ3) is 5.03. The molecule has 0 saturated carbocycles. The van der Waals surface area contributed by atoms with Crippen molar-refractivity contribution in [2.75, 3.05) is 31.1 Å². The number of rotatable bonds is 4. The van der Waals surface area contributed by atoms with E-state index in [4.69, 9.17) is 4.74 Å². The second kappa shape index (κ2) is 8.20. The summed E-state index contributed by atoms with van der Waals surface area (Å²) in [6.07, 6.45) is 2.04. The molecule has 1 N–H and O–H groups in total. The second-order valence-electron chi connectivity index (χ2n) is 8.56. The smallest absolute Gasteiger partial charge is 0.407 e. The number of carbonyl (C=O) groups excluding carboxylic acids is 3. The highest BCUT2D eigenvalue weighted by atomic mass is 16.6. The minimum atomic E-state index is -0.523. The van der Waals surface area contributed by atoms with Gasteiger partial charge in [0.2, 0.25) is 5.91 Å². The first kappa shape index (κ1) is 20.2. The Morgan fingerprint density at radius 2 is 1.71 bits per heavy atom. The lowest BCUT2D eigenvalue weighted by molar-refractivity contribution is -0.141. The van der Waals surface area contributed by atoms with Crippen LogP contribution in [0.15, 0.2) is 24.3 Å². The number of carbonyl (C=O) groups is 3. The highest BCUT2D eigenvalue weighted by molar-refractivity contribution is 5.80. The highest BCUT2D eigenvalue weighted by Gasteiger charge is 2.37. The number of alkyl carbamates (subject to hydrolysis) is 1. The van der Waals surface area contributed by atoms with Crippen LogP contribution in [-0.4, -0.2) is 61.0 Å². The molecule has 2 aliphatic rings. The van der Waals surface area contributed by atoms with Crippen LogP contribution < -0.4 is 10.2 Å². The van der Waals surface area contributed by atoms with E-state index in [2.05, 4.69) is 10.2 Å². The number of aldehydes is 1. The van der Waals surface area contributed by atoms with Crippen molar-refractivity contribution >= 4 is 24.0 Å². The molecule has 0 unspecified atom stereocenters. The van der Waals surface area contributed by atoms with Gasteiger partial charge < -0.3 is 19.9 Å². The predicted octanol–water partition coefficient (Wildman–Crippen LogP) is 2.45. The third-order valence-electron chi connectivity index (χ3n) is 5.15. The molecular weight excluding hydrogens is 358 g/mol. The van der Waals surface area contributed by atoms with Gasteiger partial charge in [0.25, 0.3) is 0 Å². The number of piperidine rings is 1. The number of nitrogens with one attached hydrogen (secondary N) is 1. The molecule has 152 valence electrons. The molecular formula is C21H29N3O4. The first-order valence-corrected chi connectivity index (χ1v) is 9.83. The van der Waals surface area contributed by atoms with Crippen molar-refractivity contribution in [1.29, 1.82) is 0 Å². The van der Waals surface area contributed by atoms with Gasteiger partial charge in [0.15, 0.2) is 0 Å². The van der Waals surface area contributed by atoms with E-state index in [1.54, 1.807) is 0 Å². The fraction of sp³-hybridized carbons (Fsp3) is 0.571. The summed E-state index contributed by atoms with van der Waals surface area (Å²) in [5.41, 5.74) is 1.23. The summed E-state index contributed by atoms with van der Waals surface area (Å²) in [5.74, 6) is 0.214. The van der Waals surface area contributed by atoms with E-state index in [0.717, 1.165) is 37.9 Å². The van der Waals surface area contributed by atoms with E-state index < -0.39 is 11.7 Å². The van der Waals surface area contributed by atoms with Gasteiger partial charge in [-0.25, -0.2) is 4.79 Å². The van der Waals surface area contributed by atoms with Crippen molar-refractivity contribution in [3.05, 3.63) is 29.8 Å². The number of ether oxygens (including phenoxy) is 1. The minimum absolute atomic E-state index is 0.0322. The maximum absolute atomic E-state index is 12.7. The van der Waals surface area contributed by atoms with Gasteiger partial charge in [-0.05, 0) is 57.9 Å². The molecule has 2 heterocycles. The summed E-state index contributed by atoms with van der Waals surface area (Å²) in [4.78, 5) is 39.3. The Bertz CT molecular complexity index is 712. The molecule has 0 aliphatic carbocycles. The average molecular weight is 387 g/mol. The molecule has 7 heteroatoms. The van der Waals surface area contributed by atoms with E-state index in [0.29, 0.717) is 18.7 Å². The first-order chi connectivity index (χ1) is 13.2. The maximum Gasteiger partial charge on any atom is 0.407 e. The van der Waals surface area contributed by atoms with Crippen LogP contribution in [0.5, 0.6) is 0 Å². The molecule has 0 atom stereocenters. The SMILES string of the molecule is CC(C)(C)OC(=O)NC1CN(C(=O)C2CCN(c3ccc(C=O)cc3)CC2)C1. The molecule has 0 bridgehead atoms. The molecule has 7 nitrogen and oxygen atoms in total. The van der Waals surface area contributed by atoms with Gasteiger partial charge in [0, 0.05) is 43.3 Å². The lowest BCUT2D eigenvalue weighted by Gasteiger charge is -2.43. The van der Waals surface area contributed by atoms with Gasteiger partial charge in [0.1, 0.15) is 11.9 Å². The first-order valence-electron chi connectivity index (χ1n) is 9.83. The normalized spacial score (nSPS) is 18.4. The van der Waals surface area contributed by atoms with E-state index in [1.807, 2.05) is 49.9 Å². The van der Waals surface area contributed by atoms with E-state index in [1.165, 1.54) is 0 Å². The van der Waals surface area contributed by atoms with Crippen LogP contribution in [-0.2, 0) is 9.53 Å². The van der Waals surface area contributed by atoms with Crippen LogP contribution in [0.3, 0.4) is 0 Å².